The van der Waals surface area contributed by atoms with Crippen LogP contribution < -0.4 is 11.1 Å². The van der Waals surface area contributed by atoms with Gasteiger partial charge in [-0.3, -0.25) is 9.59 Å². The zero-order valence-corrected chi connectivity index (χ0v) is 14.6. The van der Waals surface area contributed by atoms with Crippen LogP contribution in [-0.2, 0) is 14.6 Å². The highest BCUT2D eigenvalue weighted by atomic mass is 35.5. The number of amides is 1. The lowest BCUT2D eigenvalue weighted by atomic mass is 10.0. The van der Waals surface area contributed by atoms with Crippen molar-refractivity contribution < 1.29 is 18.0 Å². The van der Waals surface area contributed by atoms with Gasteiger partial charge in [0.05, 0.1) is 16.8 Å². The first-order chi connectivity index (χ1) is 10.4. The van der Waals surface area contributed by atoms with E-state index in [1.165, 1.54) is 24.3 Å². The lowest BCUT2D eigenvalue weighted by Crippen LogP contribution is -2.50. The summed E-state index contributed by atoms with van der Waals surface area (Å²) in [6.45, 7) is 0.331. The monoisotopic (exact) mass is 380 g/mol. The molecule has 2 aliphatic heterocycles. The number of hydrogen-bond donors (Lipinski definition) is 2. The molecule has 1 aromatic carbocycles. The standard InChI is InChI=1S/C14H17ClN2O4S.ClH/c15-8-12(18)13-11(2-1-7-16)17-14(19)9-3-5-10(6-4-9)22(13,20)21;/h3-6,11,13H,1-2,7-8,16H2,(H,17,19);1H. The second kappa shape index (κ2) is 8.10. The quantitative estimate of drug-likeness (QED) is 0.738. The van der Waals surface area contributed by atoms with Crippen LogP contribution in [0.3, 0.4) is 0 Å². The Morgan fingerprint density at radius 3 is 2.39 bits per heavy atom. The van der Waals surface area contributed by atoms with Crippen molar-refractivity contribution in [3.63, 3.8) is 0 Å². The lowest BCUT2D eigenvalue weighted by molar-refractivity contribution is -0.116. The summed E-state index contributed by atoms with van der Waals surface area (Å²) in [5.74, 6) is -1.48. The number of halogens is 2. The fraction of sp³-hybridized carbons (Fsp3) is 0.429. The van der Waals surface area contributed by atoms with Crippen molar-refractivity contribution in [3.8, 4) is 0 Å². The van der Waals surface area contributed by atoms with Crippen LogP contribution in [0, 0.1) is 0 Å². The Morgan fingerprint density at radius 1 is 1.26 bits per heavy atom. The molecule has 0 spiro atoms. The largest absolute Gasteiger partial charge is 0.348 e. The van der Waals surface area contributed by atoms with E-state index in [2.05, 4.69) is 5.32 Å². The Balaban J connectivity index is 0.00000264. The lowest BCUT2D eigenvalue weighted by Gasteiger charge is -2.25. The Morgan fingerprint density at radius 2 is 1.87 bits per heavy atom. The molecule has 2 heterocycles. The Kier molecular flexibility index (Phi) is 7.01. The van der Waals surface area contributed by atoms with E-state index in [0.29, 0.717) is 18.5 Å². The van der Waals surface area contributed by atoms with Crippen LogP contribution in [-0.4, -0.2) is 43.8 Å². The van der Waals surface area contributed by atoms with Crippen LogP contribution in [0.1, 0.15) is 23.2 Å². The number of sulfone groups is 1. The molecule has 0 saturated carbocycles. The van der Waals surface area contributed by atoms with Gasteiger partial charge in [-0.2, -0.15) is 0 Å². The van der Waals surface area contributed by atoms with Gasteiger partial charge in [0.2, 0.25) is 0 Å². The highest BCUT2D eigenvalue weighted by Gasteiger charge is 2.41. The first-order valence-corrected chi connectivity index (χ1v) is 8.93. The molecule has 0 saturated heterocycles. The molecule has 2 bridgehead atoms. The maximum absolute atomic E-state index is 12.8. The summed E-state index contributed by atoms with van der Waals surface area (Å²) in [6.07, 6.45) is 0.771. The van der Waals surface area contributed by atoms with E-state index in [-0.39, 0.29) is 23.7 Å². The first kappa shape index (κ1) is 19.9. The third-order valence-corrected chi connectivity index (χ3v) is 6.08. The molecule has 0 aliphatic carbocycles. The average molecular weight is 381 g/mol. The number of ketones is 1. The molecule has 1 aromatic rings. The summed E-state index contributed by atoms with van der Waals surface area (Å²) in [4.78, 5) is 24.3. The van der Waals surface area contributed by atoms with Crippen LogP contribution in [0.2, 0.25) is 0 Å². The van der Waals surface area contributed by atoms with E-state index in [4.69, 9.17) is 17.3 Å². The predicted octanol–water partition coefficient (Wildman–Crippen LogP) is 0.909. The van der Waals surface area contributed by atoms with Crippen LogP contribution in [0.5, 0.6) is 0 Å². The number of alkyl halides is 1. The number of benzene rings is 1. The molecule has 3 N–H and O–H groups in total. The zero-order chi connectivity index (χ0) is 16.3. The number of nitrogens with two attached hydrogens (primary N) is 1. The second-order valence-electron chi connectivity index (χ2n) is 5.10. The maximum Gasteiger partial charge on any atom is 0.251 e. The van der Waals surface area contributed by atoms with Crippen LogP contribution in [0.15, 0.2) is 29.2 Å². The van der Waals surface area contributed by atoms with Crippen molar-refractivity contribution in [3.05, 3.63) is 29.8 Å². The molecule has 0 radical (unpaired) electrons. The van der Waals surface area contributed by atoms with Gasteiger partial charge in [0, 0.05) is 5.56 Å². The van der Waals surface area contributed by atoms with Gasteiger partial charge >= 0.3 is 0 Å². The molecular formula is C14H18Cl2N2O4S. The number of fused-ring (bicyclic) bond motifs is 6. The first-order valence-electron chi connectivity index (χ1n) is 6.85. The molecule has 6 nitrogen and oxygen atoms in total. The molecule has 0 aromatic heterocycles. The fourth-order valence-electron chi connectivity index (χ4n) is 2.52. The smallest absolute Gasteiger partial charge is 0.251 e. The van der Waals surface area contributed by atoms with Crippen molar-refractivity contribution in [2.75, 3.05) is 12.4 Å². The van der Waals surface area contributed by atoms with Gasteiger partial charge in [0.25, 0.3) is 5.91 Å². The predicted molar refractivity (Wildman–Crippen MR) is 89.9 cm³/mol. The molecule has 23 heavy (non-hydrogen) atoms. The van der Waals surface area contributed by atoms with Gasteiger partial charge in [-0.05, 0) is 43.7 Å². The van der Waals surface area contributed by atoms with E-state index >= 15 is 0 Å². The van der Waals surface area contributed by atoms with Gasteiger partial charge in [0.1, 0.15) is 5.25 Å². The summed E-state index contributed by atoms with van der Waals surface area (Å²) >= 11 is 5.58. The number of rotatable bonds is 5. The Bertz CT molecular complexity index is 677. The van der Waals surface area contributed by atoms with Crippen molar-refractivity contribution in [2.24, 2.45) is 5.73 Å². The number of Topliss-reactive ketones (excluding diaryl/α,β-unsaturated/α-hetero) is 1. The van der Waals surface area contributed by atoms with Gasteiger partial charge in [-0.25, -0.2) is 8.42 Å². The maximum atomic E-state index is 12.8. The van der Waals surface area contributed by atoms with E-state index in [1.54, 1.807) is 0 Å². The normalized spacial score (nSPS) is 22.3. The Labute approximate surface area is 146 Å². The number of carbonyl (C=O) groups is 2. The molecular weight excluding hydrogens is 363 g/mol. The minimum atomic E-state index is -3.93. The zero-order valence-electron chi connectivity index (χ0n) is 12.2. The molecule has 9 heteroatoms. The number of nitrogens with one attached hydrogen (secondary N) is 1. The molecule has 128 valence electrons. The van der Waals surface area contributed by atoms with Gasteiger partial charge in [-0.1, -0.05) is 0 Å². The average Bonchev–Trinajstić information content (AvgIpc) is 2.57. The van der Waals surface area contributed by atoms with Crippen molar-refractivity contribution >= 4 is 45.5 Å². The number of carbonyl (C=O) groups excluding carboxylic acids is 2. The van der Waals surface area contributed by atoms with Crippen LogP contribution in [0.4, 0.5) is 0 Å². The van der Waals surface area contributed by atoms with Crippen molar-refractivity contribution in [2.45, 2.75) is 29.0 Å². The van der Waals surface area contributed by atoms with Gasteiger partial charge in [-0.15, -0.1) is 24.0 Å². The molecule has 1 amide bonds. The van der Waals surface area contributed by atoms with Crippen molar-refractivity contribution in [1.29, 1.82) is 0 Å². The molecule has 0 fully saturated rings. The highest BCUT2D eigenvalue weighted by Crippen LogP contribution is 2.24. The van der Waals surface area contributed by atoms with Gasteiger partial charge in [0.15, 0.2) is 15.6 Å². The SMILES string of the molecule is Cl.NCCCC1NC(=O)c2ccc(cc2)S(=O)(=O)C1C(=O)CCl. The summed E-state index contributed by atoms with van der Waals surface area (Å²) in [5.41, 5.74) is 5.80. The molecule has 3 rings (SSSR count). The van der Waals surface area contributed by atoms with Crippen LogP contribution >= 0.6 is 24.0 Å². The highest BCUT2D eigenvalue weighted by molar-refractivity contribution is 7.93. The number of hydrogen-bond acceptors (Lipinski definition) is 5. The minimum absolute atomic E-state index is 0. The van der Waals surface area contributed by atoms with E-state index in [1.807, 2.05) is 0 Å². The summed E-state index contributed by atoms with van der Waals surface area (Å²) in [6, 6.07) is 4.68. The molecule has 2 unspecified atom stereocenters. The summed E-state index contributed by atoms with van der Waals surface area (Å²) in [5, 5.41) is 1.24. The third kappa shape index (κ3) is 4.03. The molecule has 2 atom stereocenters. The fourth-order valence-corrected chi connectivity index (χ4v) is 4.65. The third-order valence-electron chi connectivity index (χ3n) is 3.63. The van der Waals surface area contributed by atoms with E-state index < -0.39 is 38.7 Å². The Hall–Kier alpha value is -1.15. The molecule has 2 aliphatic rings. The topological polar surface area (TPSA) is 106 Å². The van der Waals surface area contributed by atoms with E-state index in [0.717, 1.165) is 0 Å². The van der Waals surface area contributed by atoms with Gasteiger partial charge < -0.3 is 11.1 Å². The van der Waals surface area contributed by atoms with Crippen LogP contribution in [0.25, 0.3) is 0 Å². The minimum Gasteiger partial charge on any atom is -0.348 e. The van der Waals surface area contributed by atoms with E-state index in [9.17, 15) is 18.0 Å². The summed E-state index contributed by atoms with van der Waals surface area (Å²) < 4.78 is 25.5. The van der Waals surface area contributed by atoms with Crippen molar-refractivity contribution in [1.82, 2.24) is 5.32 Å². The summed E-state index contributed by atoms with van der Waals surface area (Å²) in [7, 11) is -3.93. The second-order valence-corrected chi connectivity index (χ2v) is 7.44.